The van der Waals surface area contributed by atoms with Crippen molar-refractivity contribution in [2.45, 2.75) is 37.3 Å². The van der Waals surface area contributed by atoms with Crippen LogP contribution >= 0.6 is 0 Å². The van der Waals surface area contributed by atoms with Gasteiger partial charge in [0.1, 0.15) is 5.82 Å². The summed E-state index contributed by atoms with van der Waals surface area (Å²) in [4.78, 5) is 6.69. The SMILES string of the molecule is Cc1ncc(S(=O)(=O)NC2CCCc3c2cnn3C)[nH]1. The maximum absolute atomic E-state index is 12.3. The first-order chi connectivity index (χ1) is 9.47. The molecule has 0 saturated heterocycles. The summed E-state index contributed by atoms with van der Waals surface area (Å²) >= 11 is 0. The van der Waals surface area contributed by atoms with Gasteiger partial charge in [-0.3, -0.25) is 4.68 Å². The highest BCUT2D eigenvalue weighted by Crippen LogP contribution is 2.30. The van der Waals surface area contributed by atoms with Crippen LogP contribution in [0, 0.1) is 6.92 Å². The van der Waals surface area contributed by atoms with Crippen molar-refractivity contribution in [3.63, 3.8) is 0 Å². The number of aromatic nitrogens is 4. The molecule has 8 heteroatoms. The van der Waals surface area contributed by atoms with E-state index in [-0.39, 0.29) is 11.1 Å². The Morgan fingerprint density at radius 3 is 2.95 bits per heavy atom. The molecule has 0 amide bonds. The fraction of sp³-hybridized carbons (Fsp3) is 0.500. The number of H-pyrrole nitrogens is 1. The van der Waals surface area contributed by atoms with Crippen LogP contribution in [0.4, 0.5) is 0 Å². The largest absolute Gasteiger partial charge is 0.332 e. The number of fused-ring (bicyclic) bond motifs is 1. The Morgan fingerprint density at radius 2 is 2.25 bits per heavy atom. The van der Waals surface area contributed by atoms with Gasteiger partial charge in [0.05, 0.1) is 18.4 Å². The number of rotatable bonds is 3. The van der Waals surface area contributed by atoms with Crippen molar-refractivity contribution in [3.05, 3.63) is 29.5 Å². The molecule has 7 nitrogen and oxygen atoms in total. The van der Waals surface area contributed by atoms with E-state index in [0.29, 0.717) is 5.82 Å². The van der Waals surface area contributed by atoms with Crippen LogP contribution in [0.25, 0.3) is 0 Å². The molecule has 0 fully saturated rings. The van der Waals surface area contributed by atoms with Gasteiger partial charge in [-0.25, -0.2) is 18.1 Å². The van der Waals surface area contributed by atoms with E-state index in [0.717, 1.165) is 30.5 Å². The third-order valence-corrected chi connectivity index (χ3v) is 5.02. The number of nitrogens with one attached hydrogen (secondary N) is 2. The Balaban J connectivity index is 1.89. The highest BCUT2D eigenvalue weighted by Gasteiger charge is 2.28. The highest BCUT2D eigenvalue weighted by atomic mass is 32.2. The monoisotopic (exact) mass is 295 g/mol. The van der Waals surface area contributed by atoms with Gasteiger partial charge in [0.25, 0.3) is 10.0 Å². The summed E-state index contributed by atoms with van der Waals surface area (Å²) in [5.41, 5.74) is 2.07. The van der Waals surface area contributed by atoms with Crippen LogP contribution in [0.3, 0.4) is 0 Å². The zero-order valence-corrected chi connectivity index (χ0v) is 12.2. The summed E-state index contributed by atoms with van der Waals surface area (Å²) in [5, 5.41) is 4.32. The minimum absolute atomic E-state index is 0.103. The molecule has 1 atom stereocenters. The van der Waals surface area contributed by atoms with Crippen LogP contribution in [0.5, 0.6) is 0 Å². The van der Waals surface area contributed by atoms with E-state index in [1.54, 1.807) is 13.1 Å². The molecule has 108 valence electrons. The van der Waals surface area contributed by atoms with Crippen molar-refractivity contribution < 1.29 is 8.42 Å². The number of hydrogen-bond donors (Lipinski definition) is 2. The zero-order valence-electron chi connectivity index (χ0n) is 11.4. The minimum Gasteiger partial charge on any atom is -0.332 e. The lowest BCUT2D eigenvalue weighted by atomic mass is 9.94. The van der Waals surface area contributed by atoms with Crippen molar-refractivity contribution in [2.75, 3.05) is 0 Å². The predicted molar refractivity (Wildman–Crippen MR) is 72.5 cm³/mol. The zero-order chi connectivity index (χ0) is 14.3. The molecule has 20 heavy (non-hydrogen) atoms. The summed E-state index contributed by atoms with van der Waals surface area (Å²) in [6.45, 7) is 1.72. The van der Waals surface area contributed by atoms with Crippen LogP contribution in [0.2, 0.25) is 0 Å². The third-order valence-electron chi connectivity index (χ3n) is 3.64. The smallest absolute Gasteiger partial charge is 0.258 e. The van der Waals surface area contributed by atoms with E-state index < -0.39 is 10.0 Å². The number of aryl methyl sites for hydroxylation is 2. The number of imidazole rings is 1. The first kappa shape index (κ1) is 13.3. The first-order valence-corrected chi connectivity index (χ1v) is 8.00. The lowest BCUT2D eigenvalue weighted by molar-refractivity contribution is 0.496. The highest BCUT2D eigenvalue weighted by molar-refractivity contribution is 7.89. The van der Waals surface area contributed by atoms with E-state index in [9.17, 15) is 8.42 Å². The summed E-state index contributed by atoms with van der Waals surface area (Å²) in [6, 6.07) is -0.221. The van der Waals surface area contributed by atoms with Gasteiger partial charge in [-0.1, -0.05) is 0 Å². The number of nitrogens with zero attached hydrogens (tertiary/aromatic N) is 3. The number of sulfonamides is 1. The molecule has 2 aromatic rings. The van der Waals surface area contributed by atoms with E-state index in [1.807, 2.05) is 11.7 Å². The molecular weight excluding hydrogens is 278 g/mol. The van der Waals surface area contributed by atoms with Gasteiger partial charge in [-0.15, -0.1) is 0 Å². The van der Waals surface area contributed by atoms with Gasteiger partial charge < -0.3 is 4.98 Å². The maximum atomic E-state index is 12.3. The third kappa shape index (κ3) is 2.25. The van der Waals surface area contributed by atoms with Crippen LogP contribution in [-0.2, 0) is 23.5 Å². The van der Waals surface area contributed by atoms with Gasteiger partial charge >= 0.3 is 0 Å². The predicted octanol–water partition coefficient (Wildman–Crippen LogP) is 0.808. The Labute approximate surface area is 117 Å². The first-order valence-electron chi connectivity index (χ1n) is 6.52. The van der Waals surface area contributed by atoms with Gasteiger partial charge in [-0.2, -0.15) is 5.10 Å². The van der Waals surface area contributed by atoms with E-state index in [4.69, 9.17) is 0 Å². The van der Waals surface area contributed by atoms with Gasteiger partial charge in [0, 0.05) is 18.3 Å². The molecule has 0 aliphatic heterocycles. The number of hydrogen-bond acceptors (Lipinski definition) is 4. The molecule has 1 aliphatic rings. The van der Waals surface area contributed by atoms with Crippen molar-refractivity contribution in [2.24, 2.45) is 7.05 Å². The number of aromatic amines is 1. The minimum atomic E-state index is -3.58. The van der Waals surface area contributed by atoms with Crippen LogP contribution in [-0.4, -0.2) is 28.2 Å². The lowest BCUT2D eigenvalue weighted by Crippen LogP contribution is -2.31. The lowest BCUT2D eigenvalue weighted by Gasteiger charge is -2.23. The molecule has 0 saturated carbocycles. The Kier molecular flexibility index (Phi) is 3.14. The molecule has 2 N–H and O–H groups in total. The standard InChI is InChI=1S/C12H17N5O2S/c1-8-13-7-12(15-8)20(18,19)16-10-4-3-5-11-9(10)6-14-17(11)2/h6-7,10,16H,3-5H2,1-2H3,(H,13,15). The maximum Gasteiger partial charge on any atom is 0.258 e. The quantitative estimate of drug-likeness (QED) is 0.876. The topological polar surface area (TPSA) is 92.7 Å². The van der Waals surface area contributed by atoms with Crippen LogP contribution in [0.1, 0.15) is 36.0 Å². The summed E-state index contributed by atoms with van der Waals surface area (Å²) in [5.74, 6) is 0.580. The fourth-order valence-electron chi connectivity index (χ4n) is 2.61. The van der Waals surface area contributed by atoms with Gasteiger partial charge in [0.15, 0.2) is 5.03 Å². The second-order valence-electron chi connectivity index (χ2n) is 5.07. The van der Waals surface area contributed by atoms with Crippen molar-refractivity contribution in [1.82, 2.24) is 24.5 Å². The molecular formula is C12H17N5O2S. The second kappa shape index (κ2) is 4.71. The Hall–Kier alpha value is -1.67. The molecule has 0 bridgehead atoms. The molecule has 0 radical (unpaired) electrons. The summed E-state index contributed by atoms with van der Waals surface area (Å²) in [6.07, 6.45) is 5.75. The van der Waals surface area contributed by atoms with Gasteiger partial charge in [-0.05, 0) is 26.2 Å². The van der Waals surface area contributed by atoms with Crippen LogP contribution in [0.15, 0.2) is 17.4 Å². The fourth-order valence-corrected chi connectivity index (χ4v) is 3.83. The van der Waals surface area contributed by atoms with Gasteiger partial charge in [0.2, 0.25) is 0 Å². The molecule has 3 rings (SSSR count). The average molecular weight is 295 g/mol. The summed E-state index contributed by atoms with van der Waals surface area (Å²) in [7, 11) is -1.69. The van der Waals surface area contributed by atoms with E-state index in [2.05, 4.69) is 19.8 Å². The Bertz CT molecular complexity index is 731. The average Bonchev–Trinajstić information content (AvgIpc) is 2.98. The molecule has 2 heterocycles. The normalized spacial score (nSPS) is 19.0. The second-order valence-corrected chi connectivity index (χ2v) is 6.75. The summed E-state index contributed by atoms with van der Waals surface area (Å²) < 4.78 is 29.2. The van der Waals surface area contributed by atoms with Crippen LogP contribution < -0.4 is 4.72 Å². The van der Waals surface area contributed by atoms with E-state index >= 15 is 0 Å². The Morgan fingerprint density at radius 1 is 1.45 bits per heavy atom. The van der Waals surface area contributed by atoms with Crippen molar-refractivity contribution in [1.29, 1.82) is 0 Å². The molecule has 2 aromatic heterocycles. The van der Waals surface area contributed by atoms with Crippen molar-refractivity contribution >= 4 is 10.0 Å². The van der Waals surface area contributed by atoms with E-state index in [1.165, 1.54) is 6.20 Å². The molecule has 1 unspecified atom stereocenters. The van der Waals surface area contributed by atoms with Crippen molar-refractivity contribution in [3.8, 4) is 0 Å². The molecule has 0 spiro atoms. The molecule has 0 aromatic carbocycles. The molecule has 1 aliphatic carbocycles.